The molecule has 0 radical (unpaired) electrons. The zero-order valence-corrected chi connectivity index (χ0v) is 14.0. The minimum absolute atomic E-state index is 0.300. The number of hydrogen-bond acceptors (Lipinski definition) is 4. The van der Waals surface area contributed by atoms with E-state index >= 15 is 0 Å². The highest BCUT2D eigenvalue weighted by atomic mass is 19.1. The number of aromatic amines is 1. The maximum atomic E-state index is 14.0. The molecule has 1 aliphatic heterocycles. The molecule has 3 aromatic rings. The van der Waals surface area contributed by atoms with E-state index < -0.39 is 0 Å². The molecule has 0 atom stereocenters. The van der Waals surface area contributed by atoms with Crippen LogP contribution in [0.5, 0.6) is 5.75 Å². The average molecular weight is 340 g/mol. The Morgan fingerprint density at radius 2 is 2.12 bits per heavy atom. The van der Waals surface area contributed by atoms with Gasteiger partial charge in [-0.05, 0) is 44.0 Å². The zero-order chi connectivity index (χ0) is 17.1. The molecule has 1 aliphatic rings. The summed E-state index contributed by atoms with van der Waals surface area (Å²) in [4.78, 5) is 6.81. The fraction of sp³-hybridized carbons (Fsp3) is 0.368. The second kappa shape index (κ2) is 7.19. The van der Waals surface area contributed by atoms with Gasteiger partial charge in [-0.1, -0.05) is 6.07 Å². The molecule has 130 valence electrons. The van der Waals surface area contributed by atoms with Crippen molar-refractivity contribution in [2.45, 2.75) is 19.4 Å². The van der Waals surface area contributed by atoms with Crippen molar-refractivity contribution in [1.82, 2.24) is 20.1 Å². The molecule has 1 aromatic carbocycles. The fourth-order valence-corrected chi connectivity index (χ4v) is 3.31. The van der Waals surface area contributed by atoms with Crippen molar-refractivity contribution in [3.63, 3.8) is 0 Å². The van der Waals surface area contributed by atoms with Crippen LogP contribution in [0.15, 0.2) is 42.7 Å². The molecular weight excluding hydrogens is 319 g/mol. The molecule has 6 heteroatoms. The van der Waals surface area contributed by atoms with Crippen molar-refractivity contribution in [3.8, 4) is 5.75 Å². The Hall–Kier alpha value is -2.47. The van der Waals surface area contributed by atoms with Crippen molar-refractivity contribution in [2.75, 3.05) is 19.7 Å². The lowest BCUT2D eigenvalue weighted by molar-refractivity contribution is 0.135. The van der Waals surface area contributed by atoms with Crippen molar-refractivity contribution >= 4 is 10.9 Å². The molecule has 25 heavy (non-hydrogen) atoms. The minimum atomic E-state index is -0.300. The number of pyridine rings is 1. The van der Waals surface area contributed by atoms with Crippen LogP contribution in [0.2, 0.25) is 0 Å². The largest absolute Gasteiger partial charge is 0.493 e. The Morgan fingerprint density at radius 3 is 2.92 bits per heavy atom. The van der Waals surface area contributed by atoms with Crippen LogP contribution in [0, 0.1) is 11.7 Å². The fourth-order valence-electron chi connectivity index (χ4n) is 3.31. The van der Waals surface area contributed by atoms with E-state index in [1.165, 1.54) is 12.3 Å². The van der Waals surface area contributed by atoms with Crippen LogP contribution in [-0.2, 0) is 6.54 Å². The van der Waals surface area contributed by atoms with Crippen LogP contribution < -0.4 is 4.74 Å². The molecular formula is C19H21FN4O. The number of benzene rings is 1. The first-order valence-corrected chi connectivity index (χ1v) is 8.65. The number of halogens is 1. The summed E-state index contributed by atoms with van der Waals surface area (Å²) < 4.78 is 19.8. The summed E-state index contributed by atoms with van der Waals surface area (Å²) in [5, 5.41) is 7.15. The molecule has 0 bridgehead atoms. The lowest BCUT2D eigenvalue weighted by atomic mass is 9.97. The van der Waals surface area contributed by atoms with E-state index in [0.29, 0.717) is 29.2 Å². The Bertz CT molecular complexity index is 828. The number of piperidine rings is 1. The van der Waals surface area contributed by atoms with Crippen LogP contribution in [-0.4, -0.2) is 39.8 Å². The van der Waals surface area contributed by atoms with E-state index in [0.717, 1.165) is 38.2 Å². The molecule has 0 spiro atoms. The minimum Gasteiger partial charge on any atom is -0.493 e. The zero-order valence-electron chi connectivity index (χ0n) is 14.0. The number of H-pyrrole nitrogens is 1. The van der Waals surface area contributed by atoms with Gasteiger partial charge < -0.3 is 4.74 Å². The summed E-state index contributed by atoms with van der Waals surface area (Å²) in [6.45, 7) is 3.60. The Kier molecular flexibility index (Phi) is 4.61. The van der Waals surface area contributed by atoms with Gasteiger partial charge in [0.1, 0.15) is 11.6 Å². The molecule has 1 N–H and O–H groups in total. The van der Waals surface area contributed by atoms with Gasteiger partial charge in [-0.25, -0.2) is 4.39 Å². The molecule has 5 nitrogen and oxygen atoms in total. The van der Waals surface area contributed by atoms with Gasteiger partial charge in [-0.2, -0.15) is 5.10 Å². The van der Waals surface area contributed by atoms with E-state index in [1.54, 1.807) is 0 Å². The van der Waals surface area contributed by atoms with Crippen molar-refractivity contribution in [3.05, 3.63) is 54.2 Å². The van der Waals surface area contributed by atoms with Crippen LogP contribution in [0.25, 0.3) is 10.9 Å². The van der Waals surface area contributed by atoms with E-state index in [-0.39, 0.29) is 5.82 Å². The van der Waals surface area contributed by atoms with Crippen LogP contribution >= 0.6 is 0 Å². The quantitative estimate of drug-likeness (QED) is 0.773. The lowest BCUT2D eigenvalue weighted by Crippen LogP contribution is -2.35. The Balaban J connectivity index is 1.28. The van der Waals surface area contributed by atoms with Gasteiger partial charge in [-0.15, -0.1) is 0 Å². The SMILES string of the molecule is Fc1cc(OCC2CCN(Cc3ccccn3)CC2)cc2[nH]ncc12. The van der Waals surface area contributed by atoms with Crippen LogP contribution in [0.4, 0.5) is 4.39 Å². The highest BCUT2D eigenvalue weighted by molar-refractivity contribution is 5.80. The third kappa shape index (κ3) is 3.79. The van der Waals surface area contributed by atoms with Gasteiger partial charge in [0.2, 0.25) is 0 Å². The number of nitrogens with zero attached hydrogens (tertiary/aromatic N) is 3. The normalized spacial score (nSPS) is 16.4. The first kappa shape index (κ1) is 16.0. The van der Waals surface area contributed by atoms with Crippen LogP contribution in [0.1, 0.15) is 18.5 Å². The smallest absolute Gasteiger partial charge is 0.137 e. The number of hydrogen-bond donors (Lipinski definition) is 1. The van der Waals surface area contributed by atoms with Crippen molar-refractivity contribution in [1.29, 1.82) is 0 Å². The first-order chi connectivity index (χ1) is 12.3. The Morgan fingerprint density at radius 1 is 1.24 bits per heavy atom. The third-order valence-electron chi connectivity index (χ3n) is 4.79. The van der Waals surface area contributed by atoms with Gasteiger partial charge in [-0.3, -0.25) is 15.0 Å². The van der Waals surface area contributed by atoms with Crippen molar-refractivity contribution < 1.29 is 9.13 Å². The summed E-state index contributed by atoms with van der Waals surface area (Å²) in [6.07, 6.45) is 5.50. The molecule has 0 amide bonds. The number of aromatic nitrogens is 3. The number of likely N-dealkylation sites (tertiary alicyclic amines) is 1. The second-order valence-corrected chi connectivity index (χ2v) is 6.59. The average Bonchev–Trinajstić information content (AvgIpc) is 3.11. The maximum Gasteiger partial charge on any atom is 0.137 e. The van der Waals surface area contributed by atoms with Gasteiger partial charge in [0.25, 0.3) is 0 Å². The molecule has 0 unspecified atom stereocenters. The monoisotopic (exact) mass is 340 g/mol. The highest BCUT2D eigenvalue weighted by Gasteiger charge is 2.20. The first-order valence-electron chi connectivity index (χ1n) is 8.65. The van der Waals surface area contributed by atoms with E-state index in [2.05, 4.69) is 26.1 Å². The predicted octanol–water partition coefficient (Wildman–Crippen LogP) is 3.39. The molecule has 3 heterocycles. The summed E-state index contributed by atoms with van der Waals surface area (Å²) in [6, 6.07) is 9.28. The summed E-state index contributed by atoms with van der Waals surface area (Å²) in [5.41, 5.74) is 1.78. The summed E-state index contributed by atoms with van der Waals surface area (Å²) in [5.74, 6) is 0.761. The van der Waals surface area contributed by atoms with Crippen LogP contribution in [0.3, 0.4) is 0 Å². The molecule has 4 rings (SSSR count). The van der Waals surface area contributed by atoms with Gasteiger partial charge in [0.15, 0.2) is 0 Å². The highest BCUT2D eigenvalue weighted by Crippen LogP contribution is 2.25. The van der Waals surface area contributed by atoms with E-state index in [9.17, 15) is 4.39 Å². The number of nitrogens with one attached hydrogen (secondary N) is 1. The van der Waals surface area contributed by atoms with E-state index in [1.807, 2.05) is 24.4 Å². The number of ether oxygens (including phenoxy) is 1. The maximum absolute atomic E-state index is 14.0. The molecule has 1 saturated heterocycles. The molecule has 2 aromatic heterocycles. The number of fused-ring (bicyclic) bond motifs is 1. The number of rotatable bonds is 5. The standard InChI is InChI=1S/C19H21FN4O/c20-18-9-16(10-19-17(18)11-22-23-19)25-13-14-4-7-24(8-5-14)12-15-3-1-2-6-21-15/h1-3,6,9-11,14H,4-5,7-8,12-13H2,(H,22,23). The second-order valence-electron chi connectivity index (χ2n) is 6.59. The van der Waals surface area contributed by atoms with Gasteiger partial charge in [0, 0.05) is 24.9 Å². The summed E-state index contributed by atoms with van der Waals surface area (Å²) in [7, 11) is 0. The predicted molar refractivity (Wildman–Crippen MR) is 93.8 cm³/mol. The van der Waals surface area contributed by atoms with E-state index in [4.69, 9.17) is 4.74 Å². The third-order valence-corrected chi connectivity index (χ3v) is 4.79. The Labute approximate surface area is 145 Å². The molecule has 0 aliphatic carbocycles. The van der Waals surface area contributed by atoms with Gasteiger partial charge >= 0.3 is 0 Å². The van der Waals surface area contributed by atoms with Gasteiger partial charge in [0.05, 0.1) is 29.4 Å². The topological polar surface area (TPSA) is 54.0 Å². The lowest BCUT2D eigenvalue weighted by Gasteiger charge is -2.31. The molecule has 1 fully saturated rings. The summed E-state index contributed by atoms with van der Waals surface area (Å²) >= 11 is 0. The van der Waals surface area contributed by atoms with Crippen molar-refractivity contribution in [2.24, 2.45) is 5.92 Å². The molecule has 0 saturated carbocycles.